The summed E-state index contributed by atoms with van der Waals surface area (Å²) in [5.74, 6) is 0.271. The number of rotatable bonds is 5. The second-order valence-corrected chi connectivity index (χ2v) is 5.30. The minimum atomic E-state index is -1.29. The van der Waals surface area contributed by atoms with Crippen LogP contribution in [0, 0.1) is 0 Å². The molecule has 8 nitrogen and oxygen atoms in total. The molecule has 1 amide bonds. The first-order chi connectivity index (χ1) is 11.6. The number of aromatic nitrogens is 5. The van der Waals surface area contributed by atoms with Crippen molar-refractivity contribution in [3.05, 3.63) is 59.3 Å². The molecule has 9 heteroatoms. The molecule has 0 fully saturated rings. The number of amides is 1. The third kappa shape index (κ3) is 3.73. The largest absolute Gasteiger partial charge is 0.378 e. The van der Waals surface area contributed by atoms with Crippen molar-refractivity contribution in [2.45, 2.75) is 12.6 Å². The Balaban J connectivity index is 1.60. The van der Waals surface area contributed by atoms with E-state index in [4.69, 9.17) is 11.6 Å². The lowest BCUT2D eigenvalue weighted by atomic mass is 10.1. The molecule has 0 saturated carbocycles. The van der Waals surface area contributed by atoms with Gasteiger partial charge in [-0.15, -0.1) is 0 Å². The van der Waals surface area contributed by atoms with Crippen molar-refractivity contribution in [3.8, 4) is 11.5 Å². The first-order valence-corrected chi connectivity index (χ1v) is 7.40. The van der Waals surface area contributed by atoms with Gasteiger partial charge in [-0.3, -0.25) is 14.9 Å². The highest BCUT2D eigenvalue weighted by Crippen LogP contribution is 2.16. The number of halogens is 1. The van der Waals surface area contributed by atoms with Gasteiger partial charge in [0.05, 0.1) is 12.7 Å². The summed E-state index contributed by atoms with van der Waals surface area (Å²) in [6, 6.07) is 6.40. The van der Waals surface area contributed by atoms with E-state index in [0.717, 1.165) is 0 Å². The van der Waals surface area contributed by atoms with Crippen molar-refractivity contribution in [1.29, 1.82) is 0 Å². The van der Waals surface area contributed by atoms with E-state index >= 15 is 0 Å². The number of nitrogens with one attached hydrogen (secondary N) is 2. The number of benzene rings is 1. The lowest BCUT2D eigenvalue weighted by Crippen LogP contribution is -2.29. The van der Waals surface area contributed by atoms with Crippen LogP contribution in [0.2, 0.25) is 5.02 Å². The summed E-state index contributed by atoms with van der Waals surface area (Å²) in [4.78, 5) is 24.2. The number of carbonyl (C=O) groups is 1. The summed E-state index contributed by atoms with van der Waals surface area (Å²) in [7, 11) is 0. The Morgan fingerprint density at radius 3 is 2.79 bits per heavy atom. The SMILES string of the molecule is O=C(NCc1nc(-c2cnccn2)n[nH]1)C(O)c1ccc(Cl)cc1. The van der Waals surface area contributed by atoms with Gasteiger partial charge in [-0.2, -0.15) is 5.10 Å². The number of nitrogens with zero attached hydrogens (tertiary/aromatic N) is 4. The standard InChI is InChI=1S/C15H13ClN6O2/c16-10-3-1-9(2-4-10)13(23)15(24)19-8-12-20-14(22-21-12)11-7-17-5-6-18-11/h1-7,13,23H,8H2,(H,19,24)(H,20,21,22). The summed E-state index contributed by atoms with van der Waals surface area (Å²) in [5, 5.41) is 19.9. The number of hydrogen-bond donors (Lipinski definition) is 3. The molecule has 0 radical (unpaired) electrons. The monoisotopic (exact) mass is 344 g/mol. The smallest absolute Gasteiger partial charge is 0.253 e. The highest BCUT2D eigenvalue weighted by atomic mass is 35.5. The molecule has 1 aromatic carbocycles. The molecular weight excluding hydrogens is 332 g/mol. The number of aromatic amines is 1. The first-order valence-electron chi connectivity index (χ1n) is 7.02. The molecule has 0 saturated heterocycles. The molecular formula is C15H13ClN6O2. The van der Waals surface area contributed by atoms with Gasteiger partial charge in [-0.25, -0.2) is 9.97 Å². The molecule has 2 heterocycles. The molecule has 0 aliphatic rings. The molecule has 122 valence electrons. The van der Waals surface area contributed by atoms with Crippen LogP contribution < -0.4 is 5.32 Å². The summed E-state index contributed by atoms with van der Waals surface area (Å²) in [5.41, 5.74) is 0.974. The Morgan fingerprint density at radius 2 is 2.08 bits per heavy atom. The average Bonchev–Trinajstić information content (AvgIpc) is 3.09. The predicted molar refractivity (Wildman–Crippen MR) is 85.7 cm³/mol. The van der Waals surface area contributed by atoms with Gasteiger partial charge < -0.3 is 10.4 Å². The van der Waals surface area contributed by atoms with Gasteiger partial charge >= 0.3 is 0 Å². The summed E-state index contributed by atoms with van der Waals surface area (Å²) in [6.45, 7) is 0.0940. The summed E-state index contributed by atoms with van der Waals surface area (Å²) >= 11 is 5.78. The average molecular weight is 345 g/mol. The van der Waals surface area contributed by atoms with Crippen molar-refractivity contribution in [2.75, 3.05) is 0 Å². The fourth-order valence-corrected chi connectivity index (χ4v) is 2.09. The third-order valence-corrected chi connectivity index (χ3v) is 3.44. The molecule has 1 unspecified atom stereocenters. The summed E-state index contributed by atoms with van der Waals surface area (Å²) < 4.78 is 0. The van der Waals surface area contributed by atoms with E-state index in [0.29, 0.717) is 27.9 Å². The summed E-state index contributed by atoms with van der Waals surface area (Å²) in [6.07, 6.45) is 3.34. The van der Waals surface area contributed by atoms with Crippen molar-refractivity contribution < 1.29 is 9.90 Å². The maximum atomic E-state index is 12.0. The molecule has 0 spiro atoms. The quantitative estimate of drug-likeness (QED) is 0.641. The Morgan fingerprint density at radius 1 is 1.29 bits per heavy atom. The number of carbonyl (C=O) groups excluding carboxylic acids is 1. The van der Waals surface area contributed by atoms with E-state index in [1.54, 1.807) is 30.5 Å². The van der Waals surface area contributed by atoms with Crippen LogP contribution in [0.5, 0.6) is 0 Å². The fraction of sp³-hybridized carbons (Fsp3) is 0.133. The molecule has 3 aromatic rings. The molecule has 2 aromatic heterocycles. The zero-order chi connectivity index (χ0) is 16.9. The molecule has 0 bridgehead atoms. The van der Waals surface area contributed by atoms with Crippen LogP contribution >= 0.6 is 11.6 Å². The van der Waals surface area contributed by atoms with Crippen LogP contribution in [0.3, 0.4) is 0 Å². The van der Waals surface area contributed by atoms with E-state index in [-0.39, 0.29) is 6.54 Å². The Bertz CT molecular complexity index is 821. The van der Waals surface area contributed by atoms with Crippen molar-refractivity contribution in [2.24, 2.45) is 0 Å². The number of H-pyrrole nitrogens is 1. The lowest BCUT2D eigenvalue weighted by Gasteiger charge is -2.10. The van der Waals surface area contributed by atoms with Crippen molar-refractivity contribution >= 4 is 17.5 Å². The van der Waals surface area contributed by atoms with Crippen LogP contribution in [-0.4, -0.2) is 36.2 Å². The van der Waals surface area contributed by atoms with Crippen molar-refractivity contribution in [1.82, 2.24) is 30.5 Å². The van der Waals surface area contributed by atoms with Crippen LogP contribution in [-0.2, 0) is 11.3 Å². The molecule has 0 aliphatic heterocycles. The van der Waals surface area contributed by atoms with Gasteiger partial charge in [0.2, 0.25) is 5.82 Å². The zero-order valence-electron chi connectivity index (χ0n) is 12.3. The molecule has 3 N–H and O–H groups in total. The zero-order valence-corrected chi connectivity index (χ0v) is 13.1. The van der Waals surface area contributed by atoms with Gasteiger partial charge in [0.25, 0.3) is 5.91 Å². The van der Waals surface area contributed by atoms with Gasteiger partial charge in [-0.05, 0) is 17.7 Å². The van der Waals surface area contributed by atoms with Gasteiger partial charge in [-0.1, -0.05) is 23.7 Å². The minimum Gasteiger partial charge on any atom is -0.378 e. The highest BCUT2D eigenvalue weighted by Gasteiger charge is 2.17. The highest BCUT2D eigenvalue weighted by molar-refractivity contribution is 6.30. The number of hydrogen-bond acceptors (Lipinski definition) is 6. The normalized spacial score (nSPS) is 11.9. The van der Waals surface area contributed by atoms with Crippen LogP contribution in [0.25, 0.3) is 11.5 Å². The molecule has 1 atom stereocenters. The van der Waals surface area contributed by atoms with E-state index in [9.17, 15) is 9.90 Å². The number of aliphatic hydroxyl groups is 1. The maximum absolute atomic E-state index is 12.0. The van der Waals surface area contributed by atoms with Crippen LogP contribution in [0.15, 0.2) is 42.9 Å². The van der Waals surface area contributed by atoms with E-state index in [1.165, 1.54) is 12.4 Å². The Hall–Kier alpha value is -2.84. The third-order valence-electron chi connectivity index (χ3n) is 3.19. The molecule has 24 heavy (non-hydrogen) atoms. The topological polar surface area (TPSA) is 117 Å². The minimum absolute atomic E-state index is 0.0940. The molecule has 0 aliphatic carbocycles. The second kappa shape index (κ2) is 7.16. The van der Waals surface area contributed by atoms with Crippen LogP contribution in [0.1, 0.15) is 17.5 Å². The first kappa shape index (κ1) is 16.0. The van der Waals surface area contributed by atoms with E-state index in [2.05, 4.69) is 30.5 Å². The lowest BCUT2D eigenvalue weighted by molar-refractivity contribution is -0.129. The predicted octanol–water partition coefficient (Wildman–Crippen LogP) is 1.26. The second-order valence-electron chi connectivity index (χ2n) is 4.87. The van der Waals surface area contributed by atoms with E-state index < -0.39 is 12.0 Å². The van der Waals surface area contributed by atoms with Gasteiger partial charge in [0.1, 0.15) is 11.5 Å². The Kier molecular flexibility index (Phi) is 4.78. The fourth-order valence-electron chi connectivity index (χ4n) is 1.97. The maximum Gasteiger partial charge on any atom is 0.253 e. The van der Waals surface area contributed by atoms with Gasteiger partial charge in [0.15, 0.2) is 6.10 Å². The van der Waals surface area contributed by atoms with E-state index in [1.807, 2.05) is 0 Å². The molecule has 3 rings (SSSR count). The Labute approximate surface area is 142 Å². The van der Waals surface area contributed by atoms with Crippen LogP contribution in [0.4, 0.5) is 0 Å². The number of aliphatic hydroxyl groups excluding tert-OH is 1. The van der Waals surface area contributed by atoms with Gasteiger partial charge in [0, 0.05) is 17.4 Å². The van der Waals surface area contributed by atoms with Crippen molar-refractivity contribution in [3.63, 3.8) is 0 Å².